The molecular weight excluding hydrogens is 234 g/mol. The van der Waals surface area contributed by atoms with Crippen LogP contribution in [0.25, 0.3) is 0 Å². The van der Waals surface area contributed by atoms with Gasteiger partial charge in [0.05, 0.1) is 6.61 Å². The highest BCUT2D eigenvalue weighted by molar-refractivity contribution is 7.91. The lowest BCUT2D eigenvalue weighted by Crippen LogP contribution is -2.28. The maximum absolute atomic E-state index is 12.0. The van der Waals surface area contributed by atoms with Crippen molar-refractivity contribution in [2.24, 2.45) is 4.40 Å². The topological polar surface area (TPSA) is 44.7 Å². The minimum absolute atomic E-state index is 0.319. The molecule has 0 spiro atoms. The molecule has 0 aromatic heterocycles. The first-order valence-corrected chi connectivity index (χ1v) is 6.81. The molecular formula is C13H17NO2S. The van der Waals surface area contributed by atoms with Crippen molar-refractivity contribution < 1.29 is 9.29 Å². The summed E-state index contributed by atoms with van der Waals surface area (Å²) in [6.45, 7) is 6.40. The normalized spacial score (nSPS) is 19.6. The average molecular weight is 251 g/mol. The summed E-state index contributed by atoms with van der Waals surface area (Å²) in [6.07, 6.45) is 0.721. The summed E-state index contributed by atoms with van der Waals surface area (Å²) in [6, 6.07) is 7.77. The van der Waals surface area contributed by atoms with Crippen LogP contribution in [0.1, 0.15) is 32.8 Å². The van der Waals surface area contributed by atoms with Crippen molar-refractivity contribution >= 4 is 17.1 Å². The van der Waals surface area contributed by atoms with Gasteiger partial charge in [-0.3, -0.25) is 0 Å². The summed E-state index contributed by atoms with van der Waals surface area (Å²) in [4.78, 5) is 0. The molecule has 3 nitrogen and oxygen atoms in total. The minimum atomic E-state index is -1.21. The van der Waals surface area contributed by atoms with Gasteiger partial charge < -0.3 is 9.29 Å². The molecule has 1 aliphatic heterocycles. The number of benzene rings is 1. The van der Waals surface area contributed by atoms with Gasteiger partial charge in [0.1, 0.15) is 27.6 Å². The fraction of sp³-hybridized carbons (Fsp3) is 0.462. The van der Waals surface area contributed by atoms with Crippen LogP contribution in [0.3, 0.4) is 0 Å². The zero-order chi connectivity index (χ0) is 12.5. The Bertz CT molecular complexity index is 437. The van der Waals surface area contributed by atoms with Crippen LogP contribution >= 0.6 is 0 Å². The number of rotatable bonds is 1. The highest BCUT2D eigenvalue weighted by atomic mass is 32.2. The summed E-state index contributed by atoms with van der Waals surface area (Å²) >= 11 is -1.21. The first-order chi connectivity index (χ1) is 7.98. The smallest absolute Gasteiger partial charge is 0.144 e. The summed E-state index contributed by atoms with van der Waals surface area (Å²) in [7, 11) is 0. The second kappa shape index (κ2) is 4.70. The highest BCUT2D eigenvalue weighted by Crippen LogP contribution is 2.26. The molecule has 1 atom stereocenters. The molecule has 1 aromatic carbocycles. The number of para-hydroxylation sites is 1. The van der Waals surface area contributed by atoms with Gasteiger partial charge in [-0.25, -0.2) is 0 Å². The molecule has 0 bridgehead atoms. The SMILES string of the molecule is CC(C)(C)[S@+]([O-])/N=C1\CCOc2ccccc21. The van der Waals surface area contributed by atoms with Crippen molar-refractivity contribution in [2.45, 2.75) is 31.9 Å². The van der Waals surface area contributed by atoms with E-state index in [9.17, 15) is 4.55 Å². The lowest BCUT2D eigenvalue weighted by molar-refractivity contribution is 0.320. The van der Waals surface area contributed by atoms with Gasteiger partial charge in [0, 0.05) is 12.0 Å². The molecule has 0 saturated carbocycles. The predicted octanol–water partition coefficient (Wildman–Crippen LogP) is 2.72. The molecule has 0 saturated heterocycles. The van der Waals surface area contributed by atoms with E-state index in [2.05, 4.69) is 4.40 Å². The summed E-state index contributed by atoms with van der Waals surface area (Å²) in [5.41, 5.74) is 1.86. The third-order valence-electron chi connectivity index (χ3n) is 2.51. The molecule has 0 fully saturated rings. The molecule has 0 N–H and O–H groups in total. The number of nitrogens with zero attached hydrogens (tertiary/aromatic N) is 1. The Morgan fingerprint density at radius 2 is 2.00 bits per heavy atom. The first-order valence-electron chi connectivity index (χ1n) is 5.70. The van der Waals surface area contributed by atoms with Crippen LogP contribution < -0.4 is 4.74 Å². The summed E-state index contributed by atoms with van der Waals surface area (Å²) < 4.78 is 21.6. The Hall–Kier alpha value is -1.00. The Morgan fingerprint density at radius 1 is 1.29 bits per heavy atom. The molecule has 0 unspecified atom stereocenters. The van der Waals surface area contributed by atoms with Gasteiger partial charge in [0.25, 0.3) is 0 Å². The Balaban J connectivity index is 2.33. The van der Waals surface area contributed by atoms with E-state index in [1.54, 1.807) is 0 Å². The third kappa shape index (κ3) is 2.82. The molecule has 1 aliphatic rings. The third-order valence-corrected chi connectivity index (χ3v) is 3.95. The lowest BCUT2D eigenvalue weighted by atomic mass is 10.0. The second-order valence-electron chi connectivity index (χ2n) is 4.99. The van der Waals surface area contributed by atoms with E-state index >= 15 is 0 Å². The van der Waals surface area contributed by atoms with Crippen LogP contribution in [0.2, 0.25) is 0 Å². The van der Waals surface area contributed by atoms with E-state index in [1.165, 1.54) is 0 Å². The van der Waals surface area contributed by atoms with Gasteiger partial charge in [-0.2, -0.15) is 0 Å². The van der Waals surface area contributed by atoms with Gasteiger partial charge >= 0.3 is 0 Å². The fourth-order valence-electron chi connectivity index (χ4n) is 1.56. The molecule has 0 radical (unpaired) electrons. The quantitative estimate of drug-likeness (QED) is 0.720. The second-order valence-corrected chi connectivity index (χ2v) is 6.90. The van der Waals surface area contributed by atoms with Gasteiger partial charge in [0.15, 0.2) is 0 Å². The van der Waals surface area contributed by atoms with Crippen LogP contribution in [-0.4, -0.2) is 21.6 Å². The van der Waals surface area contributed by atoms with Crippen molar-refractivity contribution in [3.05, 3.63) is 29.8 Å². The number of ether oxygens (including phenoxy) is 1. The van der Waals surface area contributed by atoms with Crippen LogP contribution in [0.5, 0.6) is 5.75 Å². The number of hydrogen-bond acceptors (Lipinski definition) is 3. The van der Waals surface area contributed by atoms with E-state index in [4.69, 9.17) is 4.74 Å². The van der Waals surface area contributed by atoms with E-state index in [0.29, 0.717) is 6.61 Å². The zero-order valence-electron chi connectivity index (χ0n) is 10.4. The summed E-state index contributed by atoms with van der Waals surface area (Å²) in [5.74, 6) is 0.836. The Labute approximate surface area is 105 Å². The largest absolute Gasteiger partial charge is 0.591 e. The van der Waals surface area contributed by atoms with E-state index < -0.39 is 11.4 Å². The lowest BCUT2D eigenvalue weighted by Gasteiger charge is -2.22. The van der Waals surface area contributed by atoms with Crippen molar-refractivity contribution in [2.75, 3.05) is 6.61 Å². The molecule has 1 aromatic rings. The molecule has 17 heavy (non-hydrogen) atoms. The zero-order valence-corrected chi connectivity index (χ0v) is 11.2. The standard InChI is InChI=1S/C13H17NO2S/c1-13(2,3)17(15)14-11-8-9-16-12-7-5-4-6-10(11)12/h4-7H,8-9H2,1-3H3/b14-11+/t17-/m0/s1. The highest BCUT2D eigenvalue weighted by Gasteiger charge is 2.28. The van der Waals surface area contributed by atoms with Crippen LogP contribution in [0.4, 0.5) is 0 Å². The monoisotopic (exact) mass is 251 g/mol. The first kappa shape index (κ1) is 12.5. The molecule has 0 aliphatic carbocycles. The predicted molar refractivity (Wildman–Crippen MR) is 71.0 cm³/mol. The average Bonchev–Trinajstić information content (AvgIpc) is 2.28. The molecule has 4 heteroatoms. The van der Waals surface area contributed by atoms with Gasteiger partial charge in [-0.15, -0.1) is 0 Å². The van der Waals surface area contributed by atoms with Crippen molar-refractivity contribution in [1.29, 1.82) is 0 Å². The van der Waals surface area contributed by atoms with Crippen molar-refractivity contribution in [1.82, 2.24) is 0 Å². The van der Waals surface area contributed by atoms with Crippen molar-refractivity contribution in [3.63, 3.8) is 0 Å². The molecule has 0 amide bonds. The summed E-state index contributed by atoms with van der Waals surface area (Å²) in [5, 5.41) is 0. The van der Waals surface area contributed by atoms with E-state index in [-0.39, 0.29) is 4.75 Å². The van der Waals surface area contributed by atoms with E-state index in [1.807, 2.05) is 45.0 Å². The number of fused-ring (bicyclic) bond motifs is 1. The molecule has 92 valence electrons. The van der Waals surface area contributed by atoms with Gasteiger partial charge in [-0.05, 0) is 32.9 Å². The van der Waals surface area contributed by atoms with Gasteiger partial charge in [-0.1, -0.05) is 16.5 Å². The van der Waals surface area contributed by atoms with Gasteiger partial charge in [0.2, 0.25) is 0 Å². The van der Waals surface area contributed by atoms with Crippen molar-refractivity contribution in [3.8, 4) is 5.75 Å². The maximum Gasteiger partial charge on any atom is 0.144 e. The Morgan fingerprint density at radius 3 is 2.71 bits per heavy atom. The maximum atomic E-state index is 12.0. The molecule has 2 rings (SSSR count). The van der Waals surface area contributed by atoms with Crippen LogP contribution in [-0.2, 0) is 11.4 Å². The molecule has 1 heterocycles. The minimum Gasteiger partial charge on any atom is -0.591 e. The van der Waals surface area contributed by atoms with Crippen LogP contribution in [0.15, 0.2) is 28.7 Å². The number of hydrogen-bond donors (Lipinski definition) is 0. The Kier molecular flexibility index (Phi) is 3.45. The fourth-order valence-corrected chi connectivity index (χ4v) is 2.22. The van der Waals surface area contributed by atoms with E-state index in [0.717, 1.165) is 23.4 Å². The van der Waals surface area contributed by atoms with Crippen LogP contribution in [0, 0.1) is 0 Å².